The molecule has 2 amide bonds. The first-order valence-corrected chi connectivity index (χ1v) is 13.0. The summed E-state index contributed by atoms with van der Waals surface area (Å²) in [5, 5.41) is 5.90. The number of carbonyl (C=O) groups excluding carboxylic acids is 2. The molecule has 0 atom stereocenters. The van der Waals surface area contributed by atoms with Gasteiger partial charge in [-0.3, -0.25) is 14.9 Å². The van der Waals surface area contributed by atoms with Crippen molar-refractivity contribution in [3.63, 3.8) is 0 Å². The van der Waals surface area contributed by atoms with Gasteiger partial charge in [0.15, 0.2) is 5.11 Å². The molecule has 1 saturated heterocycles. The third kappa shape index (κ3) is 7.81. The number of benzene rings is 2. The molecule has 2 N–H and O–H groups in total. The van der Waals surface area contributed by atoms with Gasteiger partial charge in [0.05, 0.1) is 12.2 Å². The van der Waals surface area contributed by atoms with Gasteiger partial charge in [-0.1, -0.05) is 42.6 Å². The van der Waals surface area contributed by atoms with Gasteiger partial charge in [-0.2, -0.15) is 0 Å². The van der Waals surface area contributed by atoms with Crippen LogP contribution in [0.25, 0.3) is 0 Å². The monoisotopic (exact) mass is 545 g/mol. The summed E-state index contributed by atoms with van der Waals surface area (Å²) >= 11 is 8.75. The Balaban J connectivity index is 1.58. The van der Waals surface area contributed by atoms with Crippen LogP contribution in [0.5, 0.6) is 5.75 Å². The third-order valence-corrected chi connectivity index (χ3v) is 6.35. The number of hydrogen-bond acceptors (Lipinski definition) is 4. The lowest BCUT2D eigenvalue weighted by molar-refractivity contribution is 0.0761. The molecule has 3 rings (SSSR count). The lowest BCUT2D eigenvalue weighted by Gasteiger charge is -2.20. The molecule has 0 unspecified atom stereocenters. The van der Waals surface area contributed by atoms with E-state index >= 15 is 0 Å². The van der Waals surface area contributed by atoms with Crippen LogP contribution in [0.2, 0.25) is 0 Å². The lowest BCUT2D eigenvalue weighted by atomic mass is 10.1. The number of hydrogen-bond donors (Lipinski definition) is 2. The van der Waals surface area contributed by atoms with Crippen molar-refractivity contribution in [3.8, 4) is 5.75 Å². The molecule has 1 fully saturated rings. The maximum absolute atomic E-state index is 12.9. The van der Waals surface area contributed by atoms with Gasteiger partial charge in [0, 0.05) is 28.8 Å². The first kappa shape index (κ1) is 26.2. The van der Waals surface area contributed by atoms with Gasteiger partial charge in [0.25, 0.3) is 11.8 Å². The van der Waals surface area contributed by atoms with Crippen LogP contribution in [0, 0.1) is 5.92 Å². The largest absolute Gasteiger partial charge is 0.493 e. The van der Waals surface area contributed by atoms with E-state index in [1.807, 2.05) is 11.0 Å². The number of likely N-dealkylation sites (tertiary alicyclic amines) is 1. The fourth-order valence-electron chi connectivity index (χ4n) is 3.70. The molecule has 8 heteroatoms. The van der Waals surface area contributed by atoms with Crippen molar-refractivity contribution >= 4 is 50.8 Å². The average Bonchev–Trinajstić information content (AvgIpc) is 3.09. The Labute approximate surface area is 215 Å². The fourth-order valence-corrected chi connectivity index (χ4v) is 4.27. The van der Waals surface area contributed by atoms with Crippen LogP contribution in [-0.2, 0) is 0 Å². The highest BCUT2D eigenvalue weighted by Crippen LogP contribution is 2.24. The molecule has 0 aromatic heterocycles. The van der Waals surface area contributed by atoms with Crippen LogP contribution in [0.15, 0.2) is 46.9 Å². The van der Waals surface area contributed by atoms with Gasteiger partial charge >= 0.3 is 0 Å². The molecule has 0 bridgehead atoms. The number of carbonyl (C=O) groups is 2. The quantitative estimate of drug-likeness (QED) is 0.416. The Bertz CT molecular complexity index is 1000. The van der Waals surface area contributed by atoms with E-state index in [2.05, 4.69) is 40.4 Å². The summed E-state index contributed by atoms with van der Waals surface area (Å²) in [6.07, 6.45) is 5.37. The van der Waals surface area contributed by atoms with Crippen molar-refractivity contribution < 1.29 is 14.3 Å². The molecule has 1 aliphatic rings. The number of ether oxygens (including phenoxy) is 1. The topological polar surface area (TPSA) is 70.7 Å². The summed E-state index contributed by atoms with van der Waals surface area (Å²) in [7, 11) is 0. The van der Waals surface area contributed by atoms with Crippen LogP contribution in [0.1, 0.15) is 66.7 Å². The van der Waals surface area contributed by atoms with E-state index in [4.69, 9.17) is 17.0 Å². The second-order valence-electron chi connectivity index (χ2n) is 8.86. The standard InChI is InChI=1S/C26H32BrN3O3S/c1-18(2)13-16-33-23-12-9-20(27)17-22(23)24(31)29-26(34)28-21-10-7-19(8-11-21)25(32)30-14-5-3-4-6-15-30/h7-12,17-18H,3-6,13-16H2,1-2H3,(H2,28,29,31,34). The van der Waals surface area contributed by atoms with E-state index in [0.29, 0.717) is 35.1 Å². The van der Waals surface area contributed by atoms with Gasteiger partial charge in [0.2, 0.25) is 0 Å². The summed E-state index contributed by atoms with van der Waals surface area (Å²) in [5.74, 6) is 0.728. The molecule has 0 radical (unpaired) electrons. The van der Waals surface area contributed by atoms with E-state index in [1.165, 1.54) is 12.8 Å². The molecule has 0 saturated carbocycles. The third-order valence-electron chi connectivity index (χ3n) is 5.65. The smallest absolute Gasteiger partial charge is 0.261 e. The van der Waals surface area contributed by atoms with Crippen LogP contribution in [-0.4, -0.2) is 41.5 Å². The van der Waals surface area contributed by atoms with Crippen molar-refractivity contribution in [2.45, 2.75) is 46.0 Å². The Hall–Kier alpha value is -2.45. The average molecular weight is 547 g/mol. The molecule has 6 nitrogen and oxygen atoms in total. The number of halogens is 1. The van der Waals surface area contributed by atoms with Gasteiger partial charge in [-0.25, -0.2) is 0 Å². The zero-order chi connectivity index (χ0) is 24.5. The minimum absolute atomic E-state index is 0.0592. The maximum atomic E-state index is 12.9. The van der Waals surface area contributed by atoms with Crippen molar-refractivity contribution in [3.05, 3.63) is 58.1 Å². The number of thiocarbonyl (C=S) groups is 1. The Kier molecular flexibility index (Phi) is 9.89. The van der Waals surface area contributed by atoms with E-state index in [1.54, 1.807) is 36.4 Å². The van der Waals surface area contributed by atoms with Crippen molar-refractivity contribution in [1.82, 2.24) is 10.2 Å². The van der Waals surface area contributed by atoms with Crippen LogP contribution in [0.3, 0.4) is 0 Å². The Morgan fingerprint density at radius 1 is 1.06 bits per heavy atom. The second-order valence-corrected chi connectivity index (χ2v) is 10.2. The number of amides is 2. The molecule has 1 aliphatic heterocycles. The molecular formula is C26H32BrN3O3S. The lowest BCUT2D eigenvalue weighted by Crippen LogP contribution is -2.34. The summed E-state index contributed by atoms with van der Waals surface area (Å²) in [6.45, 7) is 6.41. The number of anilines is 1. The highest BCUT2D eigenvalue weighted by molar-refractivity contribution is 9.10. The SMILES string of the molecule is CC(C)CCOc1ccc(Br)cc1C(=O)NC(=S)Nc1ccc(C(=O)N2CCCCCC2)cc1. The highest BCUT2D eigenvalue weighted by Gasteiger charge is 2.18. The molecular weight excluding hydrogens is 514 g/mol. The highest BCUT2D eigenvalue weighted by atomic mass is 79.9. The zero-order valence-corrected chi connectivity index (χ0v) is 22.1. The fraction of sp³-hybridized carbons (Fsp3) is 0.423. The van der Waals surface area contributed by atoms with Crippen LogP contribution >= 0.6 is 28.1 Å². The van der Waals surface area contributed by atoms with E-state index < -0.39 is 0 Å². The van der Waals surface area contributed by atoms with Gasteiger partial charge < -0.3 is 15.0 Å². The van der Waals surface area contributed by atoms with E-state index in [9.17, 15) is 9.59 Å². The minimum atomic E-state index is -0.355. The zero-order valence-electron chi connectivity index (χ0n) is 19.7. The van der Waals surface area contributed by atoms with Crippen molar-refractivity contribution in [2.75, 3.05) is 25.0 Å². The maximum Gasteiger partial charge on any atom is 0.261 e. The number of nitrogens with zero attached hydrogens (tertiary/aromatic N) is 1. The van der Waals surface area contributed by atoms with Gasteiger partial charge in [-0.15, -0.1) is 0 Å². The molecule has 34 heavy (non-hydrogen) atoms. The first-order valence-electron chi connectivity index (χ1n) is 11.8. The first-order chi connectivity index (χ1) is 16.3. The predicted octanol–water partition coefficient (Wildman–Crippen LogP) is 6.02. The normalized spacial score (nSPS) is 13.8. The number of nitrogens with one attached hydrogen (secondary N) is 2. The molecule has 0 aliphatic carbocycles. The summed E-state index contributed by atoms with van der Waals surface area (Å²) in [4.78, 5) is 27.6. The summed E-state index contributed by atoms with van der Waals surface area (Å²) < 4.78 is 6.61. The predicted molar refractivity (Wildman–Crippen MR) is 144 cm³/mol. The van der Waals surface area contributed by atoms with Crippen molar-refractivity contribution in [2.24, 2.45) is 5.92 Å². The van der Waals surface area contributed by atoms with E-state index in [-0.39, 0.29) is 16.9 Å². The van der Waals surface area contributed by atoms with E-state index in [0.717, 1.165) is 36.8 Å². The van der Waals surface area contributed by atoms with Gasteiger partial charge in [0.1, 0.15) is 5.75 Å². The van der Waals surface area contributed by atoms with Crippen LogP contribution < -0.4 is 15.4 Å². The molecule has 2 aromatic carbocycles. The molecule has 0 spiro atoms. The second kappa shape index (κ2) is 12.9. The van der Waals surface area contributed by atoms with Crippen molar-refractivity contribution in [1.29, 1.82) is 0 Å². The van der Waals surface area contributed by atoms with Crippen LogP contribution in [0.4, 0.5) is 5.69 Å². The minimum Gasteiger partial charge on any atom is -0.493 e. The number of rotatable bonds is 7. The summed E-state index contributed by atoms with van der Waals surface area (Å²) in [5.41, 5.74) is 1.75. The molecule has 2 aromatic rings. The Morgan fingerprint density at radius 3 is 2.38 bits per heavy atom. The van der Waals surface area contributed by atoms with Gasteiger partial charge in [-0.05, 0) is 79.9 Å². The Morgan fingerprint density at radius 2 is 1.74 bits per heavy atom. The summed E-state index contributed by atoms with van der Waals surface area (Å²) in [6, 6.07) is 12.5. The molecule has 182 valence electrons. The molecule has 1 heterocycles.